The van der Waals surface area contributed by atoms with Crippen molar-refractivity contribution in [3.05, 3.63) is 132 Å². The maximum Gasteiger partial charge on any atom is 0.143 e. The molecule has 1 heterocycles. The smallest absolute Gasteiger partial charge is 0.143 e. The molecule has 0 N–H and O–H groups in total. The van der Waals surface area contributed by atoms with E-state index in [4.69, 9.17) is 75.0 Å². The Hall–Kier alpha value is -5.80. The zero-order chi connectivity index (χ0) is 41.9. The predicted molar refractivity (Wildman–Crippen MR) is 263 cm³/mol. The van der Waals surface area contributed by atoms with Gasteiger partial charge in [-0.2, -0.15) is 0 Å². The Balaban J connectivity index is 1.27. The monoisotopic (exact) mass is 743 g/mol. The van der Waals surface area contributed by atoms with E-state index in [-0.39, 0.29) is 65.7 Å². The Bertz CT molecular complexity index is 3260. The van der Waals surface area contributed by atoms with Crippen LogP contribution in [0.5, 0.6) is 0 Å². The summed E-state index contributed by atoms with van der Waals surface area (Å²) in [6, 6.07) is 41.6. The van der Waals surface area contributed by atoms with E-state index in [1.165, 1.54) is 11.1 Å². The second kappa shape index (κ2) is 13.9. The molecule has 9 aromatic rings. The van der Waals surface area contributed by atoms with Crippen LogP contribution in [0.25, 0.3) is 66.1 Å². The highest BCUT2D eigenvalue weighted by atomic mass is 16.3. The molecule has 8 aromatic carbocycles. The molecule has 11 heteroatoms. The summed E-state index contributed by atoms with van der Waals surface area (Å²) in [4.78, 5) is 2.03. The SMILES string of the molecule is [B]c1c([B])c([B])c(-c2c([B])c([B])c(N(c3ccc4c(c3)C(C)(C)c3ccccc3-4)c3ccccc3-c3cccc4oc5c6ccccc6ccc5c34)c([B])c2[B])c([B])c1[B]. The first-order valence-corrected chi connectivity index (χ1v) is 19.6. The van der Waals surface area contributed by atoms with E-state index in [0.29, 0.717) is 5.69 Å². The van der Waals surface area contributed by atoms with E-state index >= 15 is 0 Å². The minimum absolute atomic E-state index is 0.0444. The van der Waals surface area contributed by atoms with Crippen LogP contribution in [0.1, 0.15) is 25.0 Å². The maximum absolute atomic E-state index is 7.21. The van der Waals surface area contributed by atoms with Gasteiger partial charge in [0.2, 0.25) is 0 Å². The molecule has 60 heavy (non-hydrogen) atoms. The highest BCUT2D eigenvalue weighted by molar-refractivity contribution is 6.71. The van der Waals surface area contributed by atoms with Crippen molar-refractivity contribution in [1.82, 2.24) is 0 Å². The van der Waals surface area contributed by atoms with E-state index in [1.54, 1.807) is 0 Å². The quantitative estimate of drug-likeness (QED) is 0.253. The van der Waals surface area contributed by atoms with Crippen molar-refractivity contribution in [3.63, 3.8) is 0 Å². The summed E-state index contributed by atoms with van der Waals surface area (Å²) in [5, 5.41) is 4.09. The highest BCUT2D eigenvalue weighted by Crippen LogP contribution is 2.51. The van der Waals surface area contributed by atoms with Crippen molar-refractivity contribution in [1.29, 1.82) is 0 Å². The third-order valence-corrected chi connectivity index (χ3v) is 12.4. The largest absolute Gasteiger partial charge is 0.455 e. The van der Waals surface area contributed by atoms with Gasteiger partial charge in [-0.25, -0.2) is 0 Å². The van der Waals surface area contributed by atoms with Crippen LogP contribution >= 0.6 is 0 Å². The Morgan fingerprint density at radius 2 is 1.02 bits per heavy atom. The Labute approximate surface area is 362 Å². The normalized spacial score (nSPS) is 12.9. The predicted octanol–water partition coefficient (Wildman–Crippen LogP) is 2.99. The van der Waals surface area contributed by atoms with Crippen LogP contribution in [0.4, 0.5) is 17.1 Å². The zero-order valence-corrected chi connectivity index (χ0v) is 33.1. The van der Waals surface area contributed by atoms with Crippen LogP contribution < -0.4 is 54.1 Å². The lowest BCUT2D eigenvalue weighted by Gasteiger charge is -2.35. The topological polar surface area (TPSA) is 16.4 Å². The van der Waals surface area contributed by atoms with Gasteiger partial charge >= 0.3 is 0 Å². The van der Waals surface area contributed by atoms with E-state index in [0.717, 1.165) is 66.3 Å². The van der Waals surface area contributed by atoms with Gasteiger partial charge in [-0.1, -0.05) is 138 Å². The Morgan fingerprint density at radius 1 is 0.450 bits per heavy atom. The van der Waals surface area contributed by atoms with Crippen molar-refractivity contribution in [3.8, 4) is 33.4 Å². The second-order valence-electron chi connectivity index (χ2n) is 16.0. The van der Waals surface area contributed by atoms with Crippen molar-refractivity contribution in [2.24, 2.45) is 0 Å². The van der Waals surface area contributed by atoms with E-state index in [2.05, 4.69) is 92.7 Å². The first kappa shape index (κ1) is 38.4. The highest BCUT2D eigenvalue weighted by Gasteiger charge is 2.36. The second-order valence-corrected chi connectivity index (χ2v) is 16.0. The molecule has 1 aromatic heterocycles. The van der Waals surface area contributed by atoms with Gasteiger partial charge in [0.05, 0.1) is 5.69 Å². The fraction of sp³-hybridized carbons (Fsp3) is 0.0612. The summed E-state index contributed by atoms with van der Waals surface area (Å²) < 4.78 is 6.64. The number of benzene rings is 8. The van der Waals surface area contributed by atoms with Gasteiger partial charge in [-0.3, -0.25) is 0 Å². The van der Waals surface area contributed by atoms with Crippen molar-refractivity contribution >= 4 is 170 Å². The molecule has 0 aliphatic heterocycles. The number of furan rings is 1. The molecule has 18 radical (unpaired) electrons. The Kier molecular flexibility index (Phi) is 8.89. The molecule has 0 saturated heterocycles. The van der Waals surface area contributed by atoms with Crippen molar-refractivity contribution < 1.29 is 4.42 Å². The molecule has 1 aliphatic rings. The zero-order valence-electron chi connectivity index (χ0n) is 33.1. The number of hydrogen-bond acceptors (Lipinski definition) is 2. The van der Waals surface area contributed by atoms with Gasteiger partial charge in [0, 0.05) is 38.5 Å². The molecule has 1 aliphatic carbocycles. The third-order valence-electron chi connectivity index (χ3n) is 12.4. The molecular weight excluding hydrogens is 716 g/mol. The molecule has 0 atom stereocenters. The molecule has 0 unspecified atom stereocenters. The van der Waals surface area contributed by atoms with E-state index in [1.807, 2.05) is 47.4 Å². The summed E-state index contributed by atoms with van der Waals surface area (Å²) in [7, 11) is 60.4. The summed E-state index contributed by atoms with van der Waals surface area (Å²) in [5.74, 6) is 0. The molecule has 2 nitrogen and oxygen atoms in total. The van der Waals surface area contributed by atoms with Gasteiger partial charge in [0.25, 0.3) is 0 Å². The number of anilines is 3. The molecule has 10 rings (SSSR count). The molecule has 0 amide bonds. The van der Waals surface area contributed by atoms with Crippen LogP contribution in [-0.2, 0) is 5.41 Å². The fourth-order valence-electron chi connectivity index (χ4n) is 9.34. The average Bonchev–Trinajstić information content (AvgIpc) is 3.76. The van der Waals surface area contributed by atoms with Crippen LogP contribution in [0, 0.1) is 0 Å². The minimum atomic E-state index is -0.319. The standard InChI is InChI=1S/C49H26B9NO/c1-49(2)31-15-7-5-12-26(31)27-21-19-24(22-32(27)49)59(47-45(57)40(52)37(41(53)46(47)58)36-38(50)42(54)44(56)43(55)39(36)51)33-16-8-6-13-28(33)29-14-9-17-34-35(29)30-20-18-23-10-3-4-11-25(23)48(30)60-34/h3-22H,1-2H3. The van der Waals surface area contributed by atoms with Gasteiger partial charge in [0.15, 0.2) is 0 Å². The average molecular weight is 742 g/mol. The molecule has 0 fully saturated rings. The summed E-state index contributed by atoms with van der Waals surface area (Å²) >= 11 is 0. The lowest BCUT2D eigenvalue weighted by Crippen LogP contribution is -2.57. The van der Waals surface area contributed by atoms with Crippen LogP contribution in [-0.4, -0.2) is 70.6 Å². The van der Waals surface area contributed by atoms with Crippen LogP contribution in [0.2, 0.25) is 0 Å². The van der Waals surface area contributed by atoms with Crippen LogP contribution in [0.3, 0.4) is 0 Å². The number of fused-ring (bicyclic) bond motifs is 8. The van der Waals surface area contributed by atoms with Gasteiger partial charge in [0.1, 0.15) is 81.8 Å². The summed E-state index contributed by atoms with van der Waals surface area (Å²) in [5.41, 5.74) is 10.8. The molecule has 0 saturated carbocycles. The third kappa shape index (κ3) is 5.40. The molecule has 260 valence electrons. The van der Waals surface area contributed by atoms with E-state index in [9.17, 15) is 0 Å². The Morgan fingerprint density at radius 3 is 1.73 bits per heavy atom. The maximum atomic E-state index is 7.21. The number of nitrogens with zero attached hydrogens (tertiary/aromatic N) is 1. The fourth-order valence-corrected chi connectivity index (χ4v) is 9.34. The van der Waals surface area contributed by atoms with Gasteiger partial charge in [-0.05, 0) is 74.7 Å². The lowest BCUT2D eigenvalue weighted by molar-refractivity contribution is 0.660. The first-order valence-electron chi connectivity index (χ1n) is 19.6. The summed E-state index contributed by atoms with van der Waals surface area (Å²) in [6.07, 6.45) is 0. The van der Waals surface area contributed by atoms with Crippen molar-refractivity contribution in [2.75, 3.05) is 4.90 Å². The number of para-hydroxylation sites is 1. The van der Waals surface area contributed by atoms with Crippen LogP contribution in [0.15, 0.2) is 126 Å². The number of hydrogen-bond donors (Lipinski definition) is 0. The molecule has 0 spiro atoms. The minimum Gasteiger partial charge on any atom is -0.455 e. The number of rotatable bonds is 5. The van der Waals surface area contributed by atoms with E-state index < -0.39 is 0 Å². The summed E-state index contributed by atoms with van der Waals surface area (Å²) in [6.45, 7) is 4.47. The first-order chi connectivity index (χ1) is 28.8. The van der Waals surface area contributed by atoms with Gasteiger partial charge < -0.3 is 9.32 Å². The van der Waals surface area contributed by atoms with Gasteiger partial charge in [-0.15, -0.1) is 16.4 Å². The van der Waals surface area contributed by atoms with Crippen molar-refractivity contribution in [2.45, 2.75) is 19.3 Å². The molecule has 0 bridgehead atoms. The lowest BCUT2D eigenvalue weighted by atomic mass is 9.56. The molecular formula is C49H26B9NO.